The second-order valence-corrected chi connectivity index (χ2v) is 6.94. The highest BCUT2D eigenvalue weighted by molar-refractivity contribution is 7.89. The highest BCUT2D eigenvalue weighted by atomic mass is 35.5. The Hall–Kier alpha value is -0.820. The molecule has 0 atom stereocenters. The summed E-state index contributed by atoms with van der Waals surface area (Å²) < 4.78 is 28.1. The van der Waals surface area contributed by atoms with Gasteiger partial charge in [-0.15, -0.1) is 0 Å². The quantitative estimate of drug-likeness (QED) is 0.859. The van der Waals surface area contributed by atoms with Gasteiger partial charge in [-0.25, -0.2) is 18.4 Å². The lowest BCUT2D eigenvalue weighted by molar-refractivity contribution is 0.0317. The predicted molar refractivity (Wildman–Crippen MR) is 75.5 cm³/mol. The maximum absolute atomic E-state index is 12.0. The van der Waals surface area contributed by atoms with Crippen molar-refractivity contribution in [3.05, 3.63) is 27.7 Å². The van der Waals surface area contributed by atoms with Crippen LogP contribution in [0.1, 0.15) is 36.0 Å². The Bertz CT molecular complexity index is 639. The zero-order valence-electron chi connectivity index (χ0n) is 10.4. The van der Waals surface area contributed by atoms with Crippen molar-refractivity contribution in [1.29, 1.82) is 0 Å². The molecule has 0 unspecified atom stereocenters. The van der Waals surface area contributed by atoms with E-state index in [2.05, 4.69) is 0 Å². The number of benzene rings is 1. The van der Waals surface area contributed by atoms with Gasteiger partial charge < -0.3 is 4.74 Å². The highest BCUT2D eigenvalue weighted by Crippen LogP contribution is 2.31. The number of ether oxygens (including phenoxy) is 1. The van der Waals surface area contributed by atoms with E-state index in [1.165, 1.54) is 6.07 Å². The summed E-state index contributed by atoms with van der Waals surface area (Å²) in [7, 11) is -4.06. The number of hydrogen-bond acceptors (Lipinski definition) is 4. The first-order valence-corrected chi connectivity index (χ1v) is 8.32. The molecule has 0 bridgehead atoms. The number of carbonyl (C=O) groups excluding carboxylic acids is 1. The summed E-state index contributed by atoms with van der Waals surface area (Å²) in [5.74, 6) is -0.625. The molecule has 0 aromatic heterocycles. The average molecular weight is 338 g/mol. The number of rotatable bonds is 3. The van der Waals surface area contributed by atoms with Gasteiger partial charge in [0, 0.05) is 0 Å². The molecule has 0 saturated heterocycles. The van der Waals surface area contributed by atoms with Crippen LogP contribution in [-0.2, 0) is 14.8 Å². The Morgan fingerprint density at radius 2 is 1.85 bits per heavy atom. The van der Waals surface area contributed by atoms with Crippen LogP contribution in [0, 0.1) is 0 Å². The fourth-order valence-electron chi connectivity index (χ4n) is 2.11. The molecule has 1 fully saturated rings. The van der Waals surface area contributed by atoms with Crippen molar-refractivity contribution in [2.24, 2.45) is 5.14 Å². The number of nitrogens with two attached hydrogens (primary N) is 1. The lowest BCUT2D eigenvalue weighted by atomic mass is 10.2. The Labute approximate surface area is 127 Å². The lowest BCUT2D eigenvalue weighted by Gasteiger charge is -2.12. The Morgan fingerprint density at radius 3 is 2.40 bits per heavy atom. The molecule has 1 aliphatic rings. The van der Waals surface area contributed by atoms with Crippen molar-refractivity contribution in [3.8, 4) is 0 Å². The van der Waals surface area contributed by atoms with Gasteiger partial charge in [-0.2, -0.15) is 0 Å². The van der Waals surface area contributed by atoms with Crippen LogP contribution in [-0.4, -0.2) is 20.5 Å². The van der Waals surface area contributed by atoms with Crippen molar-refractivity contribution in [3.63, 3.8) is 0 Å². The van der Waals surface area contributed by atoms with Gasteiger partial charge in [0.2, 0.25) is 10.0 Å². The first kappa shape index (κ1) is 15.6. The van der Waals surface area contributed by atoms with E-state index in [1.54, 1.807) is 0 Å². The normalized spacial score (nSPS) is 16.4. The molecule has 0 spiro atoms. The third-order valence-electron chi connectivity index (χ3n) is 3.11. The maximum Gasteiger partial charge on any atom is 0.338 e. The number of sulfonamides is 1. The van der Waals surface area contributed by atoms with Crippen LogP contribution < -0.4 is 5.14 Å². The van der Waals surface area contributed by atoms with Gasteiger partial charge in [-0.05, 0) is 37.8 Å². The van der Waals surface area contributed by atoms with Gasteiger partial charge in [-0.3, -0.25) is 0 Å². The first-order valence-electron chi connectivity index (χ1n) is 6.02. The molecule has 1 aromatic carbocycles. The van der Waals surface area contributed by atoms with E-state index in [0.29, 0.717) is 0 Å². The van der Waals surface area contributed by atoms with Crippen LogP contribution in [0.15, 0.2) is 17.0 Å². The molecule has 1 aliphatic carbocycles. The number of carbonyl (C=O) groups is 1. The summed E-state index contributed by atoms with van der Waals surface area (Å²) in [4.78, 5) is 11.6. The second kappa shape index (κ2) is 5.89. The molecular weight excluding hydrogens is 325 g/mol. The number of primary sulfonamides is 1. The molecule has 20 heavy (non-hydrogen) atoms. The molecule has 1 saturated carbocycles. The molecule has 1 aromatic rings. The molecular formula is C12H13Cl2NO4S. The first-order chi connectivity index (χ1) is 9.29. The molecule has 2 rings (SSSR count). The molecule has 0 aliphatic heterocycles. The van der Waals surface area contributed by atoms with Crippen LogP contribution >= 0.6 is 23.2 Å². The monoisotopic (exact) mass is 337 g/mol. The van der Waals surface area contributed by atoms with Gasteiger partial charge in [0.1, 0.15) is 11.0 Å². The molecule has 0 amide bonds. The summed E-state index contributed by atoms with van der Waals surface area (Å²) in [5.41, 5.74) is 0.0234. The van der Waals surface area contributed by atoms with Crippen LogP contribution in [0.4, 0.5) is 0 Å². The number of esters is 1. The Morgan fingerprint density at radius 1 is 1.25 bits per heavy atom. The van der Waals surface area contributed by atoms with Gasteiger partial charge in [0.05, 0.1) is 15.6 Å². The number of hydrogen-bond donors (Lipinski definition) is 1. The highest BCUT2D eigenvalue weighted by Gasteiger charge is 2.23. The van der Waals surface area contributed by atoms with E-state index in [-0.39, 0.29) is 26.6 Å². The van der Waals surface area contributed by atoms with Crippen LogP contribution in [0.5, 0.6) is 0 Å². The summed E-state index contributed by atoms with van der Waals surface area (Å²) in [6.07, 6.45) is 3.53. The van der Waals surface area contributed by atoms with Crippen LogP contribution in [0.25, 0.3) is 0 Å². The maximum atomic E-state index is 12.0. The molecule has 0 heterocycles. The molecule has 8 heteroatoms. The molecule has 0 radical (unpaired) electrons. The van der Waals surface area contributed by atoms with Crippen LogP contribution in [0.3, 0.4) is 0 Å². The zero-order chi connectivity index (χ0) is 14.9. The lowest BCUT2D eigenvalue weighted by Crippen LogP contribution is -2.17. The van der Waals surface area contributed by atoms with Crippen molar-refractivity contribution in [1.82, 2.24) is 0 Å². The van der Waals surface area contributed by atoms with E-state index in [0.717, 1.165) is 31.7 Å². The largest absolute Gasteiger partial charge is 0.459 e. The molecule has 5 nitrogen and oxygen atoms in total. The van der Waals surface area contributed by atoms with Gasteiger partial charge in [0.25, 0.3) is 0 Å². The van der Waals surface area contributed by atoms with E-state index in [4.69, 9.17) is 33.1 Å². The van der Waals surface area contributed by atoms with Crippen molar-refractivity contribution < 1.29 is 17.9 Å². The zero-order valence-corrected chi connectivity index (χ0v) is 12.8. The minimum absolute atomic E-state index is 0.0234. The van der Waals surface area contributed by atoms with Gasteiger partial charge in [-0.1, -0.05) is 23.2 Å². The smallest absolute Gasteiger partial charge is 0.338 e. The van der Waals surface area contributed by atoms with E-state index >= 15 is 0 Å². The fraction of sp³-hybridized carbons (Fsp3) is 0.417. The topological polar surface area (TPSA) is 86.5 Å². The minimum atomic E-state index is -4.06. The summed E-state index contributed by atoms with van der Waals surface area (Å²) in [6, 6.07) is 2.36. The SMILES string of the molecule is NS(=O)(=O)c1cc(C(=O)OC2CCCC2)cc(Cl)c1Cl. The summed E-state index contributed by atoms with van der Waals surface area (Å²) in [6.45, 7) is 0. The summed E-state index contributed by atoms with van der Waals surface area (Å²) in [5, 5.41) is 4.78. The number of halogens is 2. The Balaban J connectivity index is 2.32. The van der Waals surface area contributed by atoms with E-state index in [9.17, 15) is 13.2 Å². The fourth-order valence-corrected chi connectivity index (χ4v) is 3.47. The molecule has 110 valence electrons. The summed E-state index contributed by atoms with van der Waals surface area (Å²) >= 11 is 11.6. The Kier molecular flexibility index (Phi) is 4.59. The van der Waals surface area contributed by atoms with Crippen molar-refractivity contribution >= 4 is 39.2 Å². The predicted octanol–water partition coefficient (Wildman–Crippen LogP) is 2.74. The van der Waals surface area contributed by atoms with Crippen molar-refractivity contribution in [2.75, 3.05) is 0 Å². The minimum Gasteiger partial charge on any atom is -0.459 e. The van der Waals surface area contributed by atoms with E-state index in [1.807, 2.05) is 0 Å². The standard InChI is InChI=1S/C12H13Cl2NO4S/c13-9-5-7(6-10(11(9)14)20(15,17)18)12(16)19-8-3-1-2-4-8/h5-6,8H,1-4H2,(H2,15,17,18). The van der Waals surface area contributed by atoms with Gasteiger partial charge >= 0.3 is 5.97 Å². The average Bonchev–Trinajstić information content (AvgIpc) is 2.83. The second-order valence-electron chi connectivity index (χ2n) is 4.63. The van der Waals surface area contributed by atoms with Gasteiger partial charge in [0.15, 0.2) is 0 Å². The molecule has 2 N–H and O–H groups in total. The van der Waals surface area contributed by atoms with Crippen LogP contribution in [0.2, 0.25) is 10.0 Å². The third kappa shape index (κ3) is 3.44. The van der Waals surface area contributed by atoms with E-state index < -0.39 is 16.0 Å². The van der Waals surface area contributed by atoms with Crippen molar-refractivity contribution in [2.45, 2.75) is 36.7 Å². The third-order valence-corrected chi connectivity index (χ3v) is 4.96.